The summed E-state index contributed by atoms with van der Waals surface area (Å²) in [7, 11) is -13.3. The first kappa shape index (κ1) is 37.7. The maximum absolute atomic E-state index is 13.1. The molecule has 0 amide bonds. The molecule has 0 aromatic heterocycles. The van der Waals surface area contributed by atoms with Crippen molar-refractivity contribution >= 4 is 31.1 Å². The van der Waals surface area contributed by atoms with Crippen molar-refractivity contribution in [2.45, 2.75) is 116 Å². The fourth-order valence-electron chi connectivity index (χ4n) is 10.9. The zero-order valence-corrected chi connectivity index (χ0v) is 30.2. The van der Waals surface area contributed by atoms with Gasteiger partial charge in [-0.1, -0.05) is 41.5 Å². The van der Waals surface area contributed by atoms with Crippen molar-refractivity contribution in [3.63, 3.8) is 0 Å². The molecule has 5 rings (SSSR count). The highest BCUT2D eigenvalue weighted by atomic mass is 32.3. The summed E-state index contributed by atoms with van der Waals surface area (Å²) in [6.07, 6.45) is -6.67. The first-order valence-electron chi connectivity index (χ1n) is 16.4. The van der Waals surface area contributed by atoms with Gasteiger partial charge in [0.1, 0.15) is 18.3 Å². The van der Waals surface area contributed by atoms with Gasteiger partial charge in [-0.3, -0.25) is 13.3 Å². The Bertz CT molecular complexity index is 1510. The van der Waals surface area contributed by atoms with Gasteiger partial charge in [-0.2, -0.15) is 30.0 Å². The van der Waals surface area contributed by atoms with Gasteiger partial charge in [0.2, 0.25) is 0 Å². The largest absolute Gasteiger partial charge is 0.397 e. The van der Waals surface area contributed by atoms with E-state index in [1.165, 1.54) is 7.05 Å². The summed E-state index contributed by atoms with van der Waals surface area (Å²) >= 11 is 0. The summed E-state index contributed by atoms with van der Waals surface area (Å²) in [4.78, 5) is 0. The highest BCUT2D eigenvalue weighted by Gasteiger charge is 2.73. The van der Waals surface area contributed by atoms with E-state index in [0.29, 0.717) is 12.8 Å². The van der Waals surface area contributed by atoms with E-state index in [-0.39, 0.29) is 42.6 Å². The minimum atomic E-state index is -5.21. The Balaban J connectivity index is 1.66. The van der Waals surface area contributed by atoms with E-state index in [9.17, 15) is 44.6 Å². The molecule has 4 saturated carbocycles. The highest BCUT2D eigenvalue weighted by molar-refractivity contribution is 7.84. The molecule has 0 bridgehead atoms. The molecule has 1 aliphatic heterocycles. The molecule has 4 aliphatic carbocycles. The zero-order valence-electron chi connectivity index (χ0n) is 27.8. The lowest BCUT2D eigenvalue weighted by molar-refractivity contribution is -0.248. The Labute approximate surface area is 278 Å². The predicted octanol–water partition coefficient (Wildman–Crippen LogP) is 1.73. The van der Waals surface area contributed by atoms with Gasteiger partial charge < -0.3 is 14.9 Å². The third kappa shape index (κ3) is 6.68. The lowest BCUT2D eigenvalue weighted by Gasteiger charge is -2.64. The predicted molar refractivity (Wildman–Crippen MR) is 166 cm³/mol. The van der Waals surface area contributed by atoms with E-state index in [4.69, 9.17) is 17.3 Å². The number of aliphatic hydroxyl groups is 2. The van der Waals surface area contributed by atoms with Crippen LogP contribution in [-0.4, -0.2) is 94.3 Å². The first-order chi connectivity index (χ1) is 21.5. The Hall–Kier alpha value is -0.510. The SMILES string of the molecule is CNS(=O)(=O)O[C@@H]1[C@H]2O[C@@H]([C@@H](C)C(C)C)C[C@@H](C)[C@@H]2[C@@]2(C)CC[C@H]3[C@@H]([C@@H](OS(=O)(=O)O)[C@@H](O)[C@H]4[C@@H](O)[C@H](OS(=O)(=O)O)CC[C@@]43C)[C@H]12. The molecule has 0 unspecified atom stereocenters. The van der Waals surface area contributed by atoms with E-state index >= 15 is 0 Å². The Morgan fingerprint density at radius 3 is 1.96 bits per heavy atom. The van der Waals surface area contributed by atoms with Crippen LogP contribution in [0.4, 0.5) is 0 Å². The van der Waals surface area contributed by atoms with Crippen LogP contribution in [0, 0.1) is 58.2 Å². The van der Waals surface area contributed by atoms with Crippen molar-refractivity contribution in [2.75, 3.05) is 7.05 Å². The van der Waals surface area contributed by atoms with E-state index in [1.54, 1.807) is 0 Å². The smallest absolute Gasteiger partial charge is 0.390 e. The quantitative estimate of drug-likeness (QED) is 0.213. The number of hydrogen-bond donors (Lipinski definition) is 5. The molecule has 16 atom stereocenters. The average Bonchev–Trinajstić information content (AvgIpc) is 3.18. The first-order valence-corrected chi connectivity index (χ1v) is 20.5. The van der Waals surface area contributed by atoms with Crippen LogP contribution in [0.15, 0.2) is 0 Å². The van der Waals surface area contributed by atoms with E-state index in [1.807, 2.05) is 13.8 Å². The molecule has 274 valence electrons. The third-order valence-corrected chi connectivity index (χ3v) is 14.9. The minimum Gasteiger partial charge on any atom is -0.390 e. The minimum absolute atomic E-state index is 0.0100. The average molecular weight is 734 g/mol. The number of hydrogen-bond acceptors (Lipinski definition) is 12. The van der Waals surface area contributed by atoms with Crippen molar-refractivity contribution < 1.29 is 61.9 Å². The van der Waals surface area contributed by atoms with E-state index in [2.05, 4.69) is 32.4 Å². The lowest BCUT2D eigenvalue weighted by Crippen LogP contribution is -2.69. The number of nitrogens with one attached hydrogen (secondary N) is 1. The van der Waals surface area contributed by atoms with Crippen molar-refractivity contribution in [3.8, 4) is 0 Å². The molecule has 5 N–H and O–H groups in total. The molecule has 0 radical (unpaired) electrons. The lowest BCUT2D eigenvalue weighted by atomic mass is 9.42. The Kier molecular flexibility index (Phi) is 10.1. The van der Waals surface area contributed by atoms with Crippen LogP contribution in [0.5, 0.6) is 0 Å². The second kappa shape index (κ2) is 12.6. The molecule has 0 aromatic carbocycles. The molecule has 5 aliphatic rings. The fraction of sp³-hybridized carbons (Fsp3) is 1.00. The summed E-state index contributed by atoms with van der Waals surface area (Å²) in [5.41, 5.74) is -1.64. The number of ether oxygens (including phenoxy) is 1. The molecule has 0 spiro atoms. The number of rotatable bonds is 9. The summed E-state index contributed by atoms with van der Waals surface area (Å²) in [5.74, 6) is -3.10. The maximum Gasteiger partial charge on any atom is 0.397 e. The summed E-state index contributed by atoms with van der Waals surface area (Å²) < 4.78 is 118. The van der Waals surface area contributed by atoms with E-state index in [0.717, 1.165) is 6.42 Å². The number of aliphatic hydroxyl groups excluding tert-OH is 2. The van der Waals surface area contributed by atoms with Gasteiger partial charge in [-0.15, -0.1) is 0 Å². The zero-order chi connectivity index (χ0) is 35.2. The van der Waals surface area contributed by atoms with Crippen LogP contribution < -0.4 is 4.72 Å². The van der Waals surface area contributed by atoms with Gasteiger partial charge >= 0.3 is 31.1 Å². The molecular weight excluding hydrogens is 683 g/mol. The van der Waals surface area contributed by atoms with Crippen LogP contribution >= 0.6 is 0 Å². The Morgan fingerprint density at radius 2 is 1.40 bits per heavy atom. The summed E-state index contributed by atoms with van der Waals surface area (Å²) in [5, 5.41) is 23.4. The monoisotopic (exact) mass is 733 g/mol. The van der Waals surface area contributed by atoms with Gasteiger partial charge in [0.15, 0.2) is 0 Å². The van der Waals surface area contributed by atoms with Crippen LogP contribution in [0.1, 0.15) is 73.6 Å². The molecule has 1 saturated heterocycles. The van der Waals surface area contributed by atoms with Crippen molar-refractivity contribution in [2.24, 2.45) is 58.2 Å². The standard InChI is InChI=1S/C29H51NO14S3/c1-13(2)15(4)18-12-14(3)20-26(41-18)27(43-45(33,34)30-7)21-19-16(8-10-29(20,21)6)28(5)11-9-17(42-46(35,36)37)23(31)22(28)24(32)25(19)44-47(38,39)40/h13-27,30-32H,8-12H2,1-7H3,(H,35,36,37)(H,38,39,40)/t14-,15+,16+,17-,18-,19-,20+,21-,22-,23+,24+,25-,26+,27+,28-,29-/m1/s1. The van der Waals surface area contributed by atoms with Crippen LogP contribution in [0.25, 0.3) is 0 Å². The molecule has 47 heavy (non-hydrogen) atoms. The summed E-state index contributed by atoms with van der Waals surface area (Å²) in [6.45, 7) is 12.2. The molecule has 0 aromatic rings. The topological polar surface area (TPSA) is 232 Å². The van der Waals surface area contributed by atoms with Gasteiger partial charge in [0.25, 0.3) is 0 Å². The van der Waals surface area contributed by atoms with Crippen LogP contribution in [0.2, 0.25) is 0 Å². The van der Waals surface area contributed by atoms with Gasteiger partial charge in [0.05, 0.1) is 24.4 Å². The highest BCUT2D eigenvalue weighted by Crippen LogP contribution is 2.70. The fourth-order valence-corrected chi connectivity index (χ4v) is 12.5. The van der Waals surface area contributed by atoms with Crippen molar-refractivity contribution in [1.29, 1.82) is 0 Å². The van der Waals surface area contributed by atoms with Crippen molar-refractivity contribution in [1.82, 2.24) is 4.72 Å². The summed E-state index contributed by atoms with van der Waals surface area (Å²) in [6, 6.07) is 0. The van der Waals surface area contributed by atoms with Gasteiger partial charge in [0, 0.05) is 18.9 Å². The second-order valence-electron chi connectivity index (χ2n) is 15.6. The molecule has 18 heteroatoms. The molecule has 5 fully saturated rings. The Morgan fingerprint density at radius 1 is 0.809 bits per heavy atom. The molecule has 15 nitrogen and oxygen atoms in total. The second-order valence-corrected chi connectivity index (χ2v) is 19.2. The van der Waals surface area contributed by atoms with Gasteiger partial charge in [-0.05, 0) is 78.4 Å². The maximum atomic E-state index is 13.1. The normalized spacial score (nSPS) is 47.9. The number of fused-ring (bicyclic) bond motifs is 7. The van der Waals surface area contributed by atoms with Crippen LogP contribution in [-0.2, 0) is 48.4 Å². The third-order valence-electron chi connectivity index (χ3n) is 13.0. The van der Waals surface area contributed by atoms with Crippen molar-refractivity contribution in [3.05, 3.63) is 0 Å². The molecular formula is C29H51NO14S3. The van der Waals surface area contributed by atoms with E-state index < -0.39 is 102 Å². The van der Waals surface area contributed by atoms with Crippen LogP contribution in [0.3, 0.4) is 0 Å². The molecule has 1 heterocycles. The van der Waals surface area contributed by atoms with Gasteiger partial charge in [-0.25, -0.2) is 8.37 Å².